The minimum Gasteiger partial charge on any atom is -0.396 e. The summed E-state index contributed by atoms with van der Waals surface area (Å²) in [7, 11) is 0. The van der Waals surface area contributed by atoms with Crippen LogP contribution in [-0.2, 0) is 52.7 Å². The smallest absolute Gasteiger partial charge is 0.201 e. The molecule has 12 nitrogen and oxygen atoms in total. The number of alkyl halides is 1. The van der Waals surface area contributed by atoms with Gasteiger partial charge < -0.3 is 38.3 Å². The summed E-state index contributed by atoms with van der Waals surface area (Å²) in [5, 5.41) is 10.0. The first-order chi connectivity index (χ1) is 27.2. The van der Waals surface area contributed by atoms with Crippen LogP contribution in [0.1, 0.15) is 145 Å². The molecule has 11 aliphatic rings. The predicted octanol–water partition coefficient (Wildman–Crippen LogP) is 8.95. The SMILES string of the molecule is C1CCOC1.C[C@@H]1CC[C@H]2[C@@H](C)[C@@](C)(OCCCCBr)O[C@@H]3O[C@]4(C)CCC1[C@]32OO4.C[C@@H]1CC[C@H]2[C@@H](C)[C@@](C)(OCCCCO)O[C@@H]3O[C@]4(C)CCC1[C@]32OO4. The molecule has 0 radical (unpaired) electrons. The van der Waals surface area contributed by atoms with E-state index in [4.69, 9.17) is 57.8 Å². The molecule has 4 bridgehead atoms. The van der Waals surface area contributed by atoms with Crippen LogP contribution in [0.5, 0.6) is 0 Å². The van der Waals surface area contributed by atoms with E-state index in [1.54, 1.807) is 0 Å². The van der Waals surface area contributed by atoms with Gasteiger partial charge in [-0.15, -0.1) is 0 Å². The molecule has 2 unspecified atom stereocenters. The summed E-state index contributed by atoms with van der Waals surface area (Å²) in [4.78, 5) is 24.0. The van der Waals surface area contributed by atoms with Crippen molar-refractivity contribution in [3.8, 4) is 0 Å². The van der Waals surface area contributed by atoms with Gasteiger partial charge in [0.25, 0.3) is 0 Å². The van der Waals surface area contributed by atoms with E-state index < -0.39 is 46.9 Å². The molecule has 0 aromatic heterocycles. The van der Waals surface area contributed by atoms with Gasteiger partial charge in [-0.3, -0.25) is 0 Å². The van der Waals surface area contributed by atoms with Crippen LogP contribution >= 0.6 is 15.9 Å². The first-order valence-electron chi connectivity index (χ1n) is 22.7. The Balaban J connectivity index is 0.000000155. The van der Waals surface area contributed by atoms with Crippen LogP contribution in [0.15, 0.2) is 0 Å². The maximum Gasteiger partial charge on any atom is 0.201 e. The zero-order valence-corrected chi connectivity index (χ0v) is 37.8. The summed E-state index contributed by atoms with van der Waals surface area (Å²) >= 11 is 3.49. The van der Waals surface area contributed by atoms with Crippen molar-refractivity contribution in [1.29, 1.82) is 0 Å². The molecule has 0 aromatic carbocycles. The third kappa shape index (κ3) is 8.45. The van der Waals surface area contributed by atoms with Crippen molar-refractivity contribution in [2.75, 3.05) is 38.4 Å². The molecule has 11 rings (SSSR count). The molecule has 2 aliphatic carbocycles. The van der Waals surface area contributed by atoms with Crippen molar-refractivity contribution in [3.63, 3.8) is 0 Å². The van der Waals surface area contributed by atoms with Crippen molar-refractivity contribution in [1.82, 2.24) is 0 Å². The molecule has 13 heteroatoms. The summed E-state index contributed by atoms with van der Waals surface area (Å²) in [6, 6.07) is 0. The van der Waals surface area contributed by atoms with E-state index in [1.165, 1.54) is 25.7 Å². The van der Waals surface area contributed by atoms with Gasteiger partial charge in [-0.25, -0.2) is 19.6 Å². The van der Waals surface area contributed by atoms with E-state index in [0.717, 1.165) is 82.8 Å². The Kier molecular flexibility index (Phi) is 14.2. The highest BCUT2D eigenvalue weighted by molar-refractivity contribution is 9.09. The van der Waals surface area contributed by atoms with Crippen LogP contribution in [0.25, 0.3) is 0 Å². The van der Waals surface area contributed by atoms with Crippen molar-refractivity contribution < 1.29 is 57.8 Å². The van der Waals surface area contributed by atoms with Crippen LogP contribution in [0, 0.1) is 47.3 Å². The summed E-state index contributed by atoms with van der Waals surface area (Å²) in [5.41, 5.74) is -1.05. The molecule has 9 saturated heterocycles. The average Bonchev–Trinajstić information content (AvgIpc) is 3.60. The molecule has 0 amide bonds. The number of hydrogen-bond acceptors (Lipinski definition) is 12. The molecular weight excluding hydrogens is 800 g/mol. The lowest BCUT2D eigenvalue weighted by Gasteiger charge is -2.62. The van der Waals surface area contributed by atoms with Gasteiger partial charge in [0.05, 0.1) is 13.2 Å². The predicted molar refractivity (Wildman–Crippen MR) is 214 cm³/mol. The van der Waals surface area contributed by atoms with E-state index in [0.29, 0.717) is 42.8 Å². The van der Waals surface area contributed by atoms with Crippen molar-refractivity contribution in [3.05, 3.63) is 0 Å². The third-order valence-electron chi connectivity index (χ3n) is 15.8. The molecule has 330 valence electrons. The van der Waals surface area contributed by atoms with Gasteiger partial charge in [0, 0.05) is 61.7 Å². The number of ether oxygens (including phenoxy) is 7. The van der Waals surface area contributed by atoms with E-state index >= 15 is 0 Å². The van der Waals surface area contributed by atoms with Crippen molar-refractivity contribution in [2.24, 2.45) is 47.3 Å². The van der Waals surface area contributed by atoms with Gasteiger partial charge in [0.15, 0.2) is 35.4 Å². The van der Waals surface area contributed by atoms with Crippen molar-refractivity contribution >= 4 is 15.9 Å². The molecule has 0 aromatic rings. The number of unbranched alkanes of at least 4 members (excludes halogenated alkanes) is 2. The Morgan fingerprint density at radius 1 is 0.561 bits per heavy atom. The quantitative estimate of drug-likeness (QED) is 0.128. The second-order valence-electron chi connectivity index (χ2n) is 19.5. The second-order valence-corrected chi connectivity index (χ2v) is 20.3. The van der Waals surface area contributed by atoms with E-state index in [2.05, 4.69) is 50.5 Å². The van der Waals surface area contributed by atoms with E-state index in [9.17, 15) is 0 Å². The number of aliphatic hydroxyl groups excluding tert-OH is 1. The zero-order valence-electron chi connectivity index (χ0n) is 36.2. The van der Waals surface area contributed by atoms with Gasteiger partial charge in [0.1, 0.15) is 0 Å². The Hall–Kier alpha value is -0.0000000000000000139. The molecule has 1 N–H and O–H groups in total. The number of hydrogen-bond donors (Lipinski definition) is 1. The summed E-state index contributed by atoms with van der Waals surface area (Å²) in [6.07, 6.45) is 13.7. The molecule has 57 heavy (non-hydrogen) atoms. The van der Waals surface area contributed by atoms with Gasteiger partial charge >= 0.3 is 0 Å². The van der Waals surface area contributed by atoms with Gasteiger partial charge in [-0.05, 0) is 128 Å². The van der Waals surface area contributed by atoms with Gasteiger partial charge in [-0.1, -0.05) is 43.6 Å². The lowest BCUT2D eigenvalue weighted by molar-refractivity contribution is -0.585. The average molecular weight is 876 g/mol. The number of halogens is 1. The standard InChI is InChI=1S/C20H33BrO5.C20H34O6.C4H8O/c2*1-13-7-8-16-14(2)19(4,22-12-6-5-11-21)24-17-20(16)15(13)9-10-18(3,23-17)25-26-20;1-2-4-5-3-1/h13-17H,5-12H2,1-4H3;13-17,21H,5-12H2,1-4H3;1-4H2/t2*13-,14-,15?,16+,17+,18+,19+,20-;/m11./s1. The van der Waals surface area contributed by atoms with Crippen LogP contribution < -0.4 is 0 Å². The lowest BCUT2D eigenvalue weighted by Crippen LogP contribution is -2.72. The Morgan fingerprint density at radius 3 is 1.42 bits per heavy atom. The highest BCUT2D eigenvalue weighted by Gasteiger charge is 2.73. The van der Waals surface area contributed by atoms with Crippen LogP contribution in [0.3, 0.4) is 0 Å². The molecule has 2 spiro atoms. The Labute approximate surface area is 350 Å². The molecule has 2 saturated carbocycles. The lowest BCUT2D eigenvalue weighted by atomic mass is 9.57. The normalized spacial score (nSPS) is 50.6. The third-order valence-corrected chi connectivity index (χ3v) is 16.3. The van der Waals surface area contributed by atoms with Crippen LogP contribution in [0.2, 0.25) is 0 Å². The first-order valence-corrected chi connectivity index (χ1v) is 23.8. The Morgan fingerprint density at radius 2 is 1.02 bits per heavy atom. The molecular formula is C44H75BrO12. The largest absolute Gasteiger partial charge is 0.396 e. The molecule has 11 fully saturated rings. The highest BCUT2D eigenvalue weighted by atomic mass is 79.9. The number of aliphatic hydroxyl groups is 1. The molecule has 16 atom stereocenters. The van der Waals surface area contributed by atoms with Crippen LogP contribution in [0.4, 0.5) is 0 Å². The van der Waals surface area contributed by atoms with Crippen molar-refractivity contribution in [2.45, 2.75) is 192 Å². The zero-order chi connectivity index (χ0) is 40.7. The fraction of sp³-hybridized carbons (Fsp3) is 1.00. The Bertz CT molecular complexity index is 1230. The molecule has 9 heterocycles. The van der Waals surface area contributed by atoms with Gasteiger partial charge in [0.2, 0.25) is 11.6 Å². The van der Waals surface area contributed by atoms with Crippen LogP contribution in [-0.4, -0.2) is 90.4 Å². The summed E-state index contributed by atoms with van der Waals surface area (Å²) in [5.74, 6) is 0.0313. The monoisotopic (exact) mass is 874 g/mol. The number of rotatable bonds is 10. The summed E-state index contributed by atoms with van der Waals surface area (Å²) in [6.45, 7) is 20.6. The second kappa shape index (κ2) is 18.0. The minimum absolute atomic E-state index is 0.164. The van der Waals surface area contributed by atoms with E-state index in [-0.39, 0.29) is 24.4 Å². The summed E-state index contributed by atoms with van der Waals surface area (Å²) < 4.78 is 43.3. The van der Waals surface area contributed by atoms with Gasteiger partial charge in [-0.2, -0.15) is 0 Å². The maximum absolute atomic E-state index is 9.01. The fourth-order valence-corrected chi connectivity index (χ4v) is 12.3. The van der Waals surface area contributed by atoms with E-state index in [1.807, 2.05) is 20.8 Å². The minimum atomic E-state index is -0.754. The highest BCUT2D eigenvalue weighted by Crippen LogP contribution is 2.64. The molecule has 9 aliphatic heterocycles. The topological polar surface area (TPSA) is 122 Å². The maximum atomic E-state index is 9.01. The number of fused-ring (bicyclic) bond motifs is 4. The fourth-order valence-electron chi connectivity index (χ4n) is 11.9. The first kappa shape index (κ1) is 45.0.